The van der Waals surface area contributed by atoms with Crippen LogP contribution in [0, 0.1) is 6.92 Å². The molecule has 3 heteroatoms. The summed E-state index contributed by atoms with van der Waals surface area (Å²) < 4.78 is 0. The molecule has 0 saturated heterocycles. The second-order valence-electron chi connectivity index (χ2n) is 2.31. The molecule has 0 aliphatic carbocycles. The van der Waals surface area contributed by atoms with Gasteiger partial charge in [0.25, 0.3) is 0 Å². The van der Waals surface area contributed by atoms with Gasteiger partial charge in [0, 0.05) is 0 Å². The number of hydrogen-bond acceptors (Lipinski definition) is 1. The van der Waals surface area contributed by atoms with E-state index in [-0.39, 0.29) is 51.4 Å². The molecule has 0 amide bonds. The van der Waals surface area contributed by atoms with Gasteiger partial charge in [0.1, 0.15) is 0 Å². The first-order valence-corrected chi connectivity index (χ1v) is 3.21. The molecule has 0 N–H and O–H groups in total. The van der Waals surface area contributed by atoms with E-state index in [1.165, 1.54) is 0 Å². The van der Waals surface area contributed by atoms with Crippen LogP contribution in [0.2, 0.25) is 0 Å². The molecular formula is C8H7KN2. The molecule has 2 aromatic heterocycles. The smallest absolute Gasteiger partial charge is 0.442 e. The van der Waals surface area contributed by atoms with Crippen LogP contribution in [0.4, 0.5) is 0 Å². The predicted molar refractivity (Wildman–Crippen MR) is 39.8 cm³/mol. The number of fused-ring (bicyclic) bond motifs is 1. The van der Waals surface area contributed by atoms with E-state index in [0.29, 0.717) is 0 Å². The zero-order valence-corrected chi connectivity index (χ0v) is 9.83. The van der Waals surface area contributed by atoms with Crippen LogP contribution in [0.3, 0.4) is 0 Å². The molecule has 0 spiro atoms. The van der Waals surface area contributed by atoms with Crippen molar-refractivity contribution in [3.63, 3.8) is 0 Å². The summed E-state index contributed by atoms with van der Waals surface area (Å²) in [6, 6.07) is 5.98. The Morgan fingerprint density at radius 2 is 2.09 bits per heavy atom. The Morgan fingerprint density at radius 3 is 2.91 bits per heavy atom. The molecule has 2 rings (SSSR count). The molecule has 50 valence electrons. The molecule has 0 radical (unpaired) electrons. The van der Waals surface area contributed by atoms with Crippen molar-refractivity contribution in [2.75, 3.05) is 0 Å². The van der Waals surface area contributed by atoms with E-state index in [9.17, 15) is 0 Å². The molecule has 0 saturated carbocycles. The maximum absolute atomic E-state index is 4.22. The number of hydrogen-bond donors (Lipinski definition) is 0. The Hall–Kier alpha value is 0.326. The van der Waals surface area contributed by atoms with E-state index >= 15 is 0 Å². The fourth-order valence-electron chi connectivity index (χ4n) is 0.975. The monoisotopic (exact) mass is 170 g/mol. The average molecular weight is 170 g/mol. The van der Waals surface area contributed by atoms with Crippen molar-refractivity contribution in [3.05, 3.63) is 30.1 Å². The summed E-state index contributed by atoms with van der Waals surface area (Å²) in [5, 5.41) is 1.12. The second-order valence-corrected chi connectivity index (χ2v) is 2.31. The predicted octanol–water partition coefficient (Wildman–Crippen LogP) is -1.50. The summed E-state index contributed by atoms with van der Waals surface area (Å²) in [6.45, 7) is 1.97. The minimum atomic E-state index is 0. The molecule has 0 atom stereocenters. The molecule has 0 bridgehead atoms. The van der Waals surface area contributed by atoms with Gasteiger partial charge in [-0.25, -0.2) is 0 Å². The summed E-state index contributed by atoms with van der Waals surface area (Å²) >= 11 is 0. The largest absolute Gasteiger partial charge is 1.00 e. The number of pyridine rings is 1. The minimum Gasteiger partial charge on any atom is -0.442 e. The van der Waals surface area contributed by atoms with E-state index in [4.69, 9.17) is 0 Å². The molecule has 2 aromatic rings. The molecular weight excluding hydrogens is 163 g/mol. The van der Waals surface area contributed by atoms with Crippen LogP contribution in [0.15, 0.2) is 24.4 Å². The van der Waals surface area contributed by atoms with Crippen LogP contribution in [-0.2, 0) is 0 Å². The number of nitrogens with zero attached hydrogens (tertiary/aromatic N) is 2. The van der Waals surface area contributed by atoms with Crippen molar-refractivity contribution < 1.29 is 51.4 Å². The number of aryl methyl sites for hydroxylation is 1. The quantitative estimate of drug-likeness (QED) is 0.450. The van der Waals surface area contributed by atoms with Gasteiger partial charge < -0.3 is 9.97 Å². The van der Waals surface area contributed by atoms with Crippen molar-refractivity contribution in [1.82, 2.24) is 9.97 Å². The van der Waals surface area contributed by atoms with Gasteiger partial charge in [0.2, 0.25) is 0 Å². The number of aromatic nitrogens is 2. The van der Waals surface area contributed by atoms with Crippen LogP contribution in [0.1, 0.15) is 5.69 Å². The topological polar surface area (TPSA) is 27.0 Å². The average Bonchev–Trinajstić information content (AvgIpc) is 2.33. The molecule has 0 unspecified atom stereocenters. The van der Waals surface area contributed by atoms with E-state index in [1.54, 1.807) is 6.20 Å². The zero-order chi connectivity index (χ0) is 6.97. The third-order valence-corrected chi connectivity index (χ3v) is 1.50. The SMILES string of the molecule is Cc1ccc2cc[n-]c2n1.[K+]. The van der Waals surface area contributed by atoms with Crippen LogP contribution in [0.25, 0.3) is 11.0 Å². The molecule has 2 heterocycles. The molecule has 0 aromatic carbocycles. The van der Waals surface area contributed by atoms with Gasteiger partial charge in [0.15, 0.2) is 0 Å². The van der Waals surface area contributed by atoms with E-state index in [2.05, 4.69) is 9.97 Å². The van der Waals surface area contributed by atoms with Crippen molar-refractivity contribution in [3.8, 4) is 0 Å². The molecule has 2 nitrogen and oxygen atoms in total. The van der Waals surface area contributed by atoms with Gasteiger partial charge in [-0.2, -0.15) is 0 Å². The molecule has 0 aliphatic rings. The minimum absolute atomic E-state index is 0. The first kappa shape index (κ1) is 9.41. The maximum atomic E-state index is 4.22. The normalized spacial score (nSPS) is 9.55. The fraction of sp³-hybridized carbons (Fsp3) is 0.125. The van der Waals surface area contributed by atoms with Crippen LogP contribution in [0.5, 0.6) is 0 Å². The van der Waals surface area contributed by atoms with Crippen molar-refractivity contribution in [2.24, 2.45) is 0 Å². The van der Waals surface area contributed by atoms with Gasteiger partial charge in [-0.05, 0) is 12.3 Å². The van der Waals surface area contributed by atoms with E-state index in [0.717, 1.165) is 16.7 Å². The van der Waals surface area contributed by atoms with Crippen LogP contribution < -0.4 is 56.4 Å². The van der Waals surface area contributed by atoms with Gasteiger partial charge in [-0.1, -0.05) is 35.7 Å². The van der Waals surface area contributed by atoms with Crippen LogP contribution in [-0.4, -0.2) is 4.98 Å². The van der Waals surface area contributed by atoms with Gasteiger partial charge in [-0.15, -0.1) is 0 Å². The summed E-state index contributed by atoms with van der Waals surface area (Å²) in [4.78, 5) is 8.29. The van der Waals surface area contributed by atoms with Gasteiger partial charge in [-0.3, -0.25) is 0 Å². The fourth-order valence-corrected chi connectivity index (χ4v) is 0.975. The van der Waals surface area contributed by atoms with Crippen LogP contribution >= 0.6 is 0 Å². The standard InChI is InChI=1S/C8H7N2.K/c1-6-2-3-7-4-5-9-8(7)10-6;/h2-5H,1H3;/q-1;+1. The Bertz CT molecular complexity index is 354. The maximum Gasteiger partial charge on any atom is 1.00 e. The Morgan fingerprint density at radius 1 is 1.27 bits per heavy atom. The van der Waals surface area contributed by atoms with Crippen molar-refractivity contribution >= 4 is 11.0 Å². The number of rotatable bonds is 0. The summed E-state index contributed by atoms with van der Waals surface area (Å²) in [7, 11) is 0. The summed E-state index contributed by atoms with van der Waals surface area (Å²) in [6.07, 6.45) is 1.77. The summed E-state index contributed by atoms with van der Waals surface area (Å²) in [5.74, 6) is 0. The molecule has 11 heavy (non-hydrogen) atoms. The molecule has 0 fully saturated rings. The zero-order valence-electron chi connectivity index (χ0n) is 6.70. The van der Waals surface area contributed by atoms with Gasteiger partial charge in [0.05, 0.1) is 0 Å². The third kappa shape index (κ3) is 1.92. The summed E-state index contributed by atoms with van der Waals surface area (Å²) in [5.41, 5.74) is 1.87. The Kier molecular flexibility index (Phi) is 3.27. The Balaban J connectivity index is 0.000000605. The van der Waals surface area contributed by atoms with Gasteiger partial charge >= 0.3 is 51.4 Å². The van der Waals surface area contributed by atoms with E-state index < -0.39 is 0 Å². The molecule has 0 aliphatic heterocycles. The Labute approximate surface area is 108 Å². The second kappa shape index (κ2) is 3.82. The van der Waals surface area contributed by atoms with Crippen molar-refractivity contribution in [1.29, 1.82) is 0 Å². The third-order valence-electron chi connectivity index (χ3n) is 1.50. The first-order valence-electron chi connectivity index (χ1n) is 3.21. The van der Waals surface area contributed by atoms with E-state index in [1.807, 2.05) is 25.1 Å². The van der Waals surface area contributed by atoms with Crippen molar-refractivity contribution in [2.45, 2.75) is 6.92 Å². The first-order chi connectivity index (χ1) is 4.86.